The van der Waals surface area contributed by atoms with Crippen LogP contribution in [0.5, 0.6) is 0 Å². The first-order valence-corrected chi connectivity index (χ1v) is 11.8. The van der Waals surface area contributed by atoms with E-state index in [2.05, 4.69) is 0 Å². The molecule has 2 amide bonds. The van der Waals surface area contributed by atoms with Gasteiger partial charge in [-0.15, -0.1) is 0 Å². The molecule has 6 nitrogen and oxygen atoms in total. The first-order chi connectivity index (χ1) is 16.8. The topological polar surface area (TPSA) is 80.8 Å². The first-order valence-electron chi connectivity index (χ1n) is 10.7. The Morgan fingerprint density at radius 2 is 1.40 bits per heavy atom. The zero-order valence-corrected chi connectivity index (χ0v) is 20.0. The van der Waals surface area contributed by atoms with Crippen LogP contribution >= 0.6 is 34.8 Å². The largest absolute Gasteiger partial charge is 0.349 e. The Hall–Kier alpha value is -3.03. The predicted molar refractivity (Wildman–Crippen MR) is 129 cm³/mol. The van der Waals surface area contributed by atoms with Crippen molar-refractivity contribution in [3.8, 4) is 0 Å². The van der Waals surface area contributed by atoms with Crippen LogP contribution in [0.15, 0.2) is 66.7 Å². The molecule has 2 aliphatic heterocycles. The predicted octanol–water partition coefficient (Wildman–Crippen LogP) is 5.34. The molecule has 3 aromatic carbocycles. The summed E-state index contributed by atoms with van der Waals surface area (Å²) >= 11 is 18.5. The number of rotatable bonds is 2. The van der Waals surface area contributed by atoms with Gasteiger partial charge in [0.15, 0.2) is 0 Å². The van der Waals surface area contributed by atoms with Crippen molar-refractivity contribution < 1.29 is 23.9 Å². The first kappa shape index (κ1) is 22.4. The lowest BCUT2D eigenvalue weighted by Crippen LogP contribution is -2.51. The number of Topliss-reactive ketones (excluding diaryl/α,β-unsaturated/α-hetero) is 2. The fraction of sp³-hybridized carbons (Fsp3) is 0.154. The lowest BCUT2D eigenvalue weighted by Gasteiger charge is -2.27. The Balaban J connectivity index is 1.56. The molecule has 0 N–H and O–H groups in total. The summed E-state index contributed by atoms with van der Waals surface area (Å²) in [4.78, 5) is 56.1. The molecule has 1 spiro atoms. The van der Waals surface area contributed by atoms with Crippen LogP contribution in [0.4, 0.5) is 5.69 Å². The van der Waals surface area contributed by atoms with Gasteiger partial charge in [0.05, 0.1) is 28.6 Å². The van der Waals surface area contributed by atoms with E-state index >= 15 is 0 Å². The highest BCUT2D eigenvalue weighted by Crippen LogP contribution is 2.58. The normalized spacial score (nSPS) is 24.4. The molecule has 3 atom stereocenters. The molecular formula is C26H14Cl3NO5. The molecule has 3 aliphatic rings. The summed E-state index contributed by atoms with van der Waals surface area (Å²) in [6.45, 7) is 0. The number of hydrogen-bond donors (Lipinski definition) is 0. The molecule has 35 heavy (non-hydrogen) atoms. The summed E-state index contributed by atoms with van der Waals surface area (Å²) in [5, 5.41) is 0.789. The number of ketones is 2. The number of nitrogens with zero attached hydrogens (tertiary/aromatic N) is 1. The van der Waals surface area contributed by atoms with E-state index in [1.807, 2.05) is 0 Å². The molecule has 0 aromatic heterocycles. The third-order valence-corrected chi connectivity index (χ3v) is 7.62. The van der Waals surface area contributed by atoms with Crippen LogP contribution in [0.3, 0.4) is 0 Å². The van der Waals surface area contributed by atoms with E-state index in [0.717, 1.165) is 4.90 Å². The van der Waals surface area contributed by atoms with Crippen molar-refractivity contribution in [2.45, 2.75) is 11.7 Å². The molecule has 174 valence electrons. The number of imide groups is 1. The summed E-state index contributed by atoms with van der Waals surface area (Å²) in [6.07, 6.45) is -1.06. The molecule has 0 bridgehead atoms. The molecule has 2 saturated heterocycles. The molecule has 0 radical (unpaired) electrons. The number of carbonyl (C=O) groups is 4. The second kappa shape index (κ2) is 7.73. The number of amides is 2. The lowest BCUT2D eigenvalue weighted by atomic mass is 9.77. The van der Waals surface area contributed by atoms with Gasteiger partial charge in [-0.2, -0.15) is 0 Å². The zero-order chi connectivity index (χ0) is 24.6. The molecule has 2 heterocycles. The standard InChI is InChI=1S/C26H14Cl3NO5/c27-13-5-3-4-12(10-13)21-19-20(25(34)30(24(19)33)18-9-8-14(28)11-17(18)29)26(35-21)22(31)15-6-1-2-7-16(15)23(26)32/h1-11,19-21H/t19-,20+,21+/m0/s1. The smallest absolute Gasteiger partial charge is 0.241 e. The monoisotopic (exact) mass is 525 g/mol. The second-order valence-corrected chi connectivity index (χ2v) is 9.92. The average Bonchev–Trinajstić information content (AvgIpc) is 3.40. The average molecular weight is 527 g/mol. The van der Waals surface area contributed by atoms with E-state index in [0.29, 0.717) is 15.6 Å². The summed E-state index contributed by atoms with van der Waals surface area (Å²) in [5.41, 5.74) is -1.25. The fourth-order valence-corrected chi connectivity index (χ4v) is 6.09. The Morgan fingerprint density at radius 3 is 2.03 bits per heavy atom. The van der Waals surface area contributed by atoms with Crippen molar-refractivity contribution in [1.82, 2.24) is 0 Å². The highest BCUT2D eigenvalue weighted by atomic mass is 35.5. The summed E-state index contributed by atoms with van der Waals surface area (Å²) in [5.74, 6) is -5.15. The van der Waals surface area contributed by atoms with E-state index in [9.17, 15) is 19.2 Å². The van der Waals surface area contributed by atoms with Crippen molar-refractivity contribution in [3.63, 3.8) is 0 Å². The third kappa shape index (κ3) is 2.94. The van der Waals surface area contributed by atoms with Gasteiger partial charge in [0.1, 0.15) is 0 Å². The molecule has 0 saturated carbocycles. The minimum Gasteiger partial charge on any atom is -0.349 e. The van der Waals surface area contributed by atoms with E-state index in [-0.39, 0.29) is 21.8 Å². The van der Waals surface area contributed by atoms with Crippen molar-refractivity contribution in [2.75, 3.05) is 4.90 Å². The van der Waals surface area contributed by atoms with Gasteiger partial charge in [0.2, 0.25) is 29.0 Å². The van der Waals surface area contributed by atoms with Crippen LogP contribution < -0.4 is 4.90 Å². The van der Waals surface area contributed by atoms with Crippen LogP contribution in [0.1, 0.15) is 32.4 Å². The molecule has 2 fully saturated rings. The van der Waals surface area contributed by atoms with Gasteiger partial charge in [-0.3, -0.25) is 19.2 Å². The number of hydrogen-bond acceptors (Lipinski definition) is 5. The Labute approximate surface area is 214 Å². The van der Waals surface area contributed by atoms with Gasteiger partial charge >= 0.3 is 0 Å². The Kier molecular flexibility index (Phi) is 4.96. The van der Waals surface area contributed by atoms with Crippen LogP contribution in [0.2, 0.25) is 15.1 Å². The van der Waals surface area contributed by atoms with E-state index < -0.39 is 46.9 Å². The number of carbonyl (C=O) groups excluding carboxylic acids is 4. The van der Waals surface area contributed by atoms with Crippen LogP contribution in [0, 0.1) is 11.8 Å². The van der Waals surface area contributed by atoms with Crippen molar-refractivity contribution in [3.05, 3.63) is 98.5 Å². The molecule has 9 heteroatoms. The van der Waals surface area contributed by atoms with Gasteiger partial charge in [-0.1, -0.05) is 71.2 Å². The zero-order valence-electron chi connectivity index (χ0n) is 17.7. The summed E-state index contributed by atoms with van der Waals surface area (Å²) in [7, 11) is 0. The SMILES string of the molecule is O=C1[C@@H]2[C@@H](c3cccc(Cl)c3)OC3(C(=O)c4ccccc4C3=O)[C@H]2C(=O)N1c1ccc(Cl)cc1Cl. The van der Waals surface area contributed by atoms with Gasteiger partial charge in [-0.25, -0.2) is 4.90 Å². The maximum atomic E-state index is 13.9. The third-order valence-electron chi connectivity index (χ3n) is 6.85. The maximum absolute atomic E-state index is 13.9. The molecule has 0 unspecified atom stereocenters. The van der Waals surface area contributed by atoms with Gasteiger partial charge < -0.3 is 4.74 Å². The second-order valence-electron chi connectivity index (χ2n) is 8.64. The van der Waals surface area contributed by atoms with E-state index in [1.54, 1.807) is 36.4 Å². The van der Waals surface area contributed by atoms with Crippen molar-refractivity contribution in [1.29, 1.82) is 0 Å². The minimum absolute atomic E-state index is 0.0841. The highest BCUT2D eigenvalue weighted by Gasteiger charge is 2.74. The highest BCUT2D eigenvalue weighted by molar-refractivity contribution is 6.40. The number of fused-ring (bicyclic) bond motifs is 3. The van der Waals surface area contributed by atoms with E-state index in [1.165, 1.54) is 30.3 Å². The minimum atomic E-state index is -2.16. The number of anilines is 1. The number of ether oxygens (including phenoxy) is 1. The summed E-state index contributed by atoms with van der Waals surface area (Å²) < 4.78 is 6.22. The van der Waals surface area contributed by atoms with Gasteiger partial charge in [-0.05, 0) is 35.9 Å². The molecule has 3 aromatic rings. The van der Waals surface area contributed by atoms with Crippen LogP contribution in [0.25, 0.3) is 0 Å². The number of benzene rings is 3. The molecular weight excluding hydrogens is 513 g/mol. The fourth-order valence-electron chi connectivity index (χ4n) is 5.40. The van der Waals surface area contributed by atoms with Gasteiger partial charge in [0, 0.05) is 21.2 Å². The van der Waals surface area contributed by atoms with Crippen LogP contribution in [-0.4, -0.2) is 29.0 Å². The quantitative estimate of drug-likeness (QED) is 0.333. The summed E-state index contributed by atoms with van der Waals surface area (Å²) in [6, 6.07) is 17.3. The number of halogens is 3. The molecule has 1 aliphatic carbocycles. The van der Waals surface area contributed by atoms with Crippen molar-refractivity contribution >= 4 is 63.9 Å². The van der Waals surface area contributed by atoms with Crippen LogP contribution in [-0.2, 0) is 14.3 Å². The Morgan fingerprint density at radius 1 is 0.743 bits per heavy atom. The lowest BCUT2D eigenvalue weighted by molar-refractivity contribution is -0.127. The molecule has 6 rings (SSSR count). The van der Waals surface area contributed by atoms with E-state index in [4.69, 9.17) is 39.5 Å². The maximum Gasteiger partial charge on any atom is 0.241 e. The van der Waals surface area contributed by atoms with Gasteiger partial charge in [0.25, 0.3) is 0 Å². The Bertz CT molecular complexity index is 1450. The van der Waals surface area contributed by atoms with Crippen molar-refractivity contribution in [2.24, 2.45) is 11.8 Å².